The number of imidazole rings is 1. The molecule has 0 aliphatic heterocycles. The number of nitrogens with zero attached hydrogens (tertiary/aromatic N) is 3. The number of aromatic nitrogens is 3. The quantitative estimate of drug-likeness (QED) is 0.569. The molecule has 5 nitrogen and oxygen atoms in total. The summed E-state index contributed by atoms with van der Waals surface area (Å²) in [5, 5.41) is 0. The van der Waals surface area contributed by atoms with E-state index in [-0.39, 0.29) is 5.78 Å². The Morgan fingerprint density at radius 3 is 2.50 bits per heavy atom. The number of hydrogen-bond acceptors (Lipinski definition) is 4. The zero-order valence-electron chi connectivity index (χ0n) is 15.7. The van der Waals surface area contributed by atoms with E-state index in [0.29, 0.717) is 22.9 Å². The van der Waals surface area contributed by atoms with Gasteiger partial charge in [-0.1, -0.05) is 57.0 Å². The summed E-state index contributed by atoms with van der Waals surface area (Å²) in [5.41, 5.74) is 3.31. The summed E-state index contributed by atoms with van der Waals surface area (Å²) in [6, 6.07) is 9.22. The number of hydrogen-bond donors (Lipinski definition) is 0. The average molecular weight is 351 g/mol. The summed E-state index contributed by atoms with van der Waals surface area (Å²) in [5.74, 6) is 1.05. The SMILES string of the molecule is CCCCc1c(OC)nc2nc(C(=O)c3ccccc3)cn2c1CCC. The lowest BCUT2D eigenvalue weighted by Gasteiger charge is -2.14. The Hall–Kier alpha value is -2.69. The van der Waals surface area contributed by atoms with Crippen molar-refractivity contribution >= 4 is 11.6 Å². The van der Waals surface area contributed by atoms with Crippen molar-refractivity contribution in [2.75, 3.05) is 7.11 Å². The highest BCUT2D eigenvalue weighted by Gasteiger charge is 2.20. The molecule has 1 aromatic carbocycles. The third-order valence-electron chi connectivity index (χ3n) is 4.52. The highest BCUT2D eigenvalue weighted by atomic mass is 16.5. The van der Waals surface area contributed by atoms with Crippen LogP contribution in [0.3, 0.4) is 0 Å². The van der Waals surface area contributed by atoms with E-state index >= 15 is 0 Å². The van der Waals surface area contributed by atoms with Crippen molar-refractivity contribution in [1.29, 1.82) is 0 Å². The number of ketones is 1. The molecule has 136 valence electrons. The smallest absolute Gasteiger partial charge is 0.238 e. The van der Waals surface area contributed by atoms with Crippen LogP contribution in [-0.4, -0.2) is 27.3 Å². The molecule has 5 heteroatoms. The van der Waals surface area contributed by atoms with Gasteiger partial charge < -0.3 is 4.74 Å². The lowest BCUT2D eigenvalue weighted by atomic mass is 10.0. The Labute approximate surface area is 154 Å². The van der Waals surface area contributed by atoms with Crippen LogP contribution in [0, 0.1) is 0 Å². The lowest BCUT2D eigenvalue weighted by molar-refractivity contribution is 0.103. The van der Waals surface area contributed by atoms with Crippen LogP contribution in [0.25, 0.3) is 5.78 Å². The third kappa shape index (κ3) is 3.47. The standard InChI is InChI=1S/C21H25N3O2/c1-4-6-13-16-18(10-5-2)24-14-17(22-21(24)23-20(16)26-3)19(25)15-11-8-7-9-12-15/h7-9,11-12,14H,4-6,10,13H2,1-3H3. The fraction of sp³-hybridized carbons (Fsp3) is 0.381. The molecule has 0 aliphatic carbocycles. The van der Waals surface area contributed by atoms with Crippen molar-refractivity contribution in [2.24, 2.45) is 0 Å². The molecule has 0 spiro atoms. The van der Waals surface area contributed by atoms with E-state index < -0.39 is 0 Å². The largest absolute Gasteiger partial charge is 0.481 e. The molecular weight excluding hydrogens is 326 g/mol. The molecule has 0 saturated carbocycles. The van der Waals surface area contributed by atoms with Crippen molar-refractivity contribution in [1.82, 2.24) is 14.4 Å². The number of carbonyl (C=O) groups excluding carboxylic acids is 1. The third-order valence-corrected chi connectivity index (χ3v) is 4.52. The second-order valence-corrected chi connectivity index (χ2v) is 6.39. The molecule has 2 heterocycles. The van der Waals surface area contributed by atoms with Gasteiger partial charge in [-0.05, 0) is 19.3 Å². The monoisotopic (exact) mass is 351 g/mol. The van der Waals surface area contributed by atoms with E-state index in [1.807, 2.05) is 28.8 Å². The number of ether oxygens (including phenoxy) is 1. The summed E-state index contributed by atoms with van der Waals surface area (Å²) in [6.45, 7) is 4.32. The van der Waals surface area contributed by atoms with Gasteiger partial charge in [-0.25, -0.2) is 4.98 Å². The molecule has 0 radical (unpaired) electrons. The van der Waals surface area contributed by atoms with Gasteiger partial charge in [-0.2, -0.15) is 4.98 Å². The van der Waals surface area contributed by atoms with Gasteiger partial charge in [0.1, 0.15) is 5.69 Å². The van der Waals surface area contributed by atoms with E-state index in [2.05, 4.69) is 23.8 Å². The van der Waals surface area contributed by atoms with Gasteiger partial charge >= 0.3 is 0 Å². The minimum atomic E-state index is -0.0902. The zero-order chi connectivity index (χ0) is 18.5. The molecule has 26 heavy (non-hydrogen) atoms. The van der Waals surface area contributed by atoms with Crippen molar-refractivity contribution in [3.05, 3.63) is 59.0 Å². The number of unbranched alkanes of at least 4 members (excludes halogenated alkanes) is 1. The van der Waals surface area contributed by atoms with Crippen LogP contribution in [-0.2, 0) is 12.8 Å². The second kappa shape index (κ2) is 8.13. The summed E-state index contributed by atoms with van der Waals surface area (Å²) in [4.78, 5) is 21.8. The molecule has 3 aromatic rings. The van der Waals surface area contributed by atoms with Gasteiger partial charge in [0.2, 0.25) is 17.4 Å². The maximum absolute atomic E-state index is 12.8. The van der Waals surface area contributed by atoms with E-state index in [1.54, 1.807) is 19.2 Å². The Balaban J connectivity index is 2.13. The van der Waals surface area contributed by atoms with E-state index in [1.165, 1.54) is 0 Å². The fourth-order valence-electron chi connectivity index (χ4n) is 3.20. The molecule has 0 atom stereocenters. The predicted molar refractivity (Wildman–Crippen MR) is 102 cm³/mol. The molecule has 0 saturated heterocycles. The maximum Gasteiger partial charge on any atom is 0.238 e. The molecule has 0 N–H and O–H groups in total. The second-order valence-electron chi connectivity index (χ2n) is 6.39. The minimum absolute atomic E-state index is 0.0902. The topological polar surface area (TPSA) is 56.5 Å². The molecule has 0 aliphatic rings. The number of carbonyl (C=O) groups is 1. The maximum atomic E-state index is 12.8. The van der Waals surface area contributed by atoms with Crippen LogP contribution >= 0.6 is 0 Å². The summed E-state index contributed by atoms with van der Waals surface area (Å²) in [7, 11) is 1.64. The van der Waals surface area contributed by atoms with Crippen LogP contribution in [0.1, 0.15) is 60.4 Å². The molecule has 0 bridgehead atoms. The highest BCUT2D eigenvalue weighted by molar-refractivity contribution is 6.07. The van der Waals surface area contributed by atoms with Crippen LogP contribution < -0.4 is 4.74 Å². The number of methoxy groups -OCH3 is 1. The summed E-state index contributed by atoms with van der Waals surface area (Å²) < 4.78 is 7.51. The summed E-state index contributed by atoms with van der Waals surface area (Å²) in [6.07, 6.45) is 6.81. The lowest BCUT2D eigenvalue weighted by Crippen LogP contribution is -2.08. The molecule has 0 amide bonds. The van der Waals surface area contributed by atoms with Crippen LogP contribution in [0.4, 0.5) is 0 Å². The van der Waals surface area contributed by atoms with Gasteiger partial charge in [0.25, 0.3) is 0 Å². The first-order valence-electron chi connectivity index (χ1n) is 9.24. The van der Waals surface area contributed by atoms with Crippen molar-refractivity contribution in [3.8, 4) is 5.88 Å². The first-order chi connectivity index (χ1) is 12.7. The molecule has 3 rings (SSSR count). The van der Waals surface area contributed by atoms with Gasteiger partial charge in [-0.3, -0.25) is 9.20 Å². The molecule has 2 aromatic heterocycles. The van der Waals surface area contributed by atoms with Crippen LogP contribution in [0.15, 0.2) is 36.5 Å². The Morgan fingerprint density at radius 2 is 1.85 bits per heavy atom. The normalized spacial score (nSPS) is 11.0. The minimum Gasteiger partial charge on any atom is -0.481 e. The molecule has 0 fully saturated rings. The van der Waals surface area contributed by atoms with Gasteiger partial charge in [0.15, 0.2) is 0 Å². The Morgan fingerprint density at radius 1 is 1.08 bits per heavy atom. The Kier molecular flexibility index (Phi) is 5.66. The number of benzene rings is 1. The van der Waals surface area contributed by atoms with E-state index in [9.17, 15) is 4.79 Å². The highest BCUT2D eigenvalue weighted by Crippen LogP contribution is 2.26. The van der Waals surface area contributed by atoms with Crippen molar-refractivity contribution in [2.45, 2.75) is 46.0 Å². The Bertz CT molecular complexity index is 901. The zero-order valence-corrected chi connectivity index (χ0v) is 15.7. The van der Waals surface area contributed by atoms with Gasteiger partial charge in [0.05, 0.1) is 7.11 Å². The van der Waals surface area contributed by atoms with Crippen LogP contribution in [0.5, 0.6) is 5.88 Å². The average Bonchev–Trinajstić information content (AvgIpc) is 3.11. The fourth-order valence-corrected chi connectivity index (χ4v) is 3.20. The number of aryl methyl sites for hydroxylation is 1. The first-order valence-corrected chi connectivity index (χ1v) is 9.24. The number of rotatable bonds is 8. The molecule has 0 unspecified atom stereocenters. The van der Waals surface area contributed by atoms with Crippen LogP contribution in [0.2, 0.25) is 0 Å². The number of fused-ring (bicyclic) bond motifs is 1. The predicted octanol–water partition coefficient (Wildman–Crippen LogP) is 4.26. The summed E-state index contributed by atoms with van der Waals surface area (Å²) >= 11 is 0. The first kappa shape index (κ1) is 18.1. The molecular formula is C21H25N3O2. The van der Waals surface area contributed by atoms with Gasteiger partial charge in [0, 0.05) is 23.0 Å². The van der Waals surface area contributed by atoms with E-state index in [4.69, 9.17) is 4.74 Å². The van der Waals surface area contributed by atoms with Crippen molar-refractivity contribution in [3.63, 3.8) is 0 Å². The van der Waals surface area contributed by atoms with Crippen molar-refractivity contribution < 1.29 is 9.53 Å². The van der Waals surface area contributed by atoms with Gasteiger partial charge in [-0.15, -0.1) is 0 Å². The van der Waals surface area contributed by atoms with E-state index in [0.717, 1.165) is 43.4 Å².